The fraction of sp³-hybridized carbons (Fsp3) is 1.00. The molecule has 2 nitrogen and oxygen atoms in total. The average molecular weight is 246 g/mol. The average Bonchev–Trinajstić information content (AvgIpc) is 2.74. The van der Waals surface area contributed by atoms with Crippen molar-refractivity contribution in [1.82, 2.24) is 0 Å². The van der Waals surface area contributed by atoms with Crippen LogP contribution in [0.1, 0.15) is 32.1 Å². The highest BCUT2D eigenvalue weighted by atomic mass is 33.1. The summed E-state index contributed by atoms with van der Waals surface area (Å²) in [5, 5.41) is 0. The van der Waals surface area contributed by atoms with Crippen LogP contribution in [0.5, 0.6) is 0 Å². The maximum Gasteiger partial charge on any atom is 0.168 e. The fourth-order valence-corrected chi connectivity index (χ4v) is 5.91. The van der Waals surface area contributed by atoms with Gasteiger partial charge < -0.3 is 9.47 Å². The van der Waals surface area contributed by atoms with Crippen molar-refractivity contribution >= 4 is 21.6 Å². The molecule has 86 valence electrons. The first-order chi connectivity index (χ1) is 7.33. The van der Waals surface area contributed by atoms with E-state index in [4.69, 9.17) is 9.47 Å². The normalized spacial score (nSPS) is 33.6. The Balaban J connectivity index is 1.63. The summed E-state index contributed by atoms with van der Waals surface area (Å²) in [5.41, 5.74) is 0.331. The van der Waals surface area contributed by atoms with Gasteiger partial charge in [0, 0.05) is 29.8 Å². The molecule has 2 spiro atoms. The number of hydrogen-bond donors (Lipinski definition) is 0. The summed E-state index contributed by atoms with van der Waals surface area (Å²) in [5.74, 6) is 2.23. The Hall–Kier alpha value is 0.620. The number of hydrogen-bond acceptors (Lipinski definition) is 4. The van der Waals surface area contributed by atoms with E-state index in [0.29, 0.717) is 5.41 Å². The van der Waals surface area contributed by atoms with Gasteiger partial charge in [-0.05, 0) is 12.8 Å². The quantitative estimate of drug-likeness (QED) is 0.611. The van der Waals surface area contributed by atoms with Crippen LogP contribution in [0.15, 0.2) is 0 Å². The van der Waals surface area contributed by atoms with E-state index in [2.05, 4.69) is 0 Å². The van der Waals surface area contributed by atoms with Gasteiger partial charge in [0.05, 0.1) is 13.2 Å². The molecule has 0 atom stereocenters. The van der Waals surface area contributed by atoms with Crippen LogP contribution in [0, 0.1) is 5.41 Å². The van der Waals surface area contributed by atoms with Crippen molar-refractivity contribution in [2.24, 2.45) is 5.41 Å². The molecule has 3 aliphatic rings. The van der Waals surface area contributed by atoms with Crippen LogP contribution in [-0.2, 0) is 9.47 Å². The van der Waals surface area contributed by atoms with Crippen LogP contribution in [0.25, 0.3) is 0 Å². The summed E-state index contributed by atoms with van der Waals surface area (Å²) in [4.78, 5) is 0. The van der Waals surface area contributed by atoms with Crippen molar-refractivity contribution in [2.75, 3.05) is 24.7 Å². The van der Waals surface area contributed by atoms with Crippen LogP contribution >= 0.6 is 21.6 Å². The molecule has 1 saturated carbocycles. The van der Waals surface area contributed by atoms with Crippen LogP contribution in [-0.4, -0.2) is 30.5 Å². The van der Waals surface area contributed by atoms with Crippen molar-refractivity contribution in [3.05, 3.63) is 0 Å². The van der Waals surface area contributed by atoms with E-state index in [1.54, 1.807) is 0 Å². The van der Waals surface area contributed by atoms with E-state index >= 15 is 0 Å². The maximum absolute atomic E-state index is 6.10. The van der Waals surface area contributed by atoms with Gasteiger partial charge in [0.25, 0.3) is 0 Å². The van der Waals surface area contributed by atoms with Gasteiger partial charge in [-0.1, -0.05) is 28.0 Å². The minimum atomic E-state index is -0.179. The summed E-state index contributed by atoms with van der Waals surface area (Å²) in [6.45, 7) is 1.85. The first-order valence-corrected chi connectivity index (χ1v) is 8.34. The molecule has 0 aromatic heterocycles. The van der Waals surface area contributed by atoms with Crippen molar-refractivity contribution in [3.63, 3.8) is 0 Å². The molecule has 0 radical (unpaired) electrons. The minimum Gasteiger partial charge on any atom is -0.349 e. The van der Waals surface area contributed by atoms with E-state index in [1.165, 1.54) is 30.8 Å². The highest BCUT2D eigenvalue weighted by molar-refractivity contribution is 8.77. The lowest BCUT2D eigenvalue weighted by atomic mass is 9.89. The van der Waals surface area contributed by atoms with Gasteiger partial charge in [0.2, 0.25) is 0 Å². The Morgan fingerprint density at radius 3 is 2.00 bits per heavy atom. The van der Waals surface area contributed by atoms with Gasteiger partial charge in [-0.2, -0.15) is 0 Å². The second-order valence-corrected chi connectivity index (χ2v) is 7.54. The topological polar surface area (TPSA) is 18.5 Å². The molecule has 15 heavy (non-hydrogen) atoms. The van der Waals surface area contributed by atoms with Crippen LogP contribution in [0.2, 0.25) is 0 Å². The lowest BCUT2D eigenvalue weighted by Crippen LogP contribution is -2.51. The van der Waals surface area contributed by atoms with Crippen molar-refractivity contribution in [1.29, 1.82) is 0 Å². The Kier molecular flexibility index (Phi) is 2.96. The molecular weight excluding hydrogens is 228 g/mol. The molecule has 4 heteroatoms. The predicted molar refractivity (Wildman–Crippen MR) is 65.1 cm³/mol. The molecule has 2 heterocycles. The molecule has 0 aromatic carbocycles. The van der Waals surface area contributed by atoms with Crippen molar-refractivity contribution in [2.45, 2.75) is 37.9 Å². The first-order valence-electron chi connectivity index (χ1n) is 5.85. The molecule has 0 bridgehead atoms. The van der Waals surface area contributed by atoms with Gasteiger partial charge in [0.1, 0.15) is 0 Å². The van der Waals surface area contributed by atoms with Crippen molar-refractivity contribution < 1.29 is 9.47 Å². The lowest BCUT2D eigenvalue weighted by Gasteiger charge is -2.46. The van der Waals surface area contributed by atoms with E-state index in [9.17, 15) is 0 Å². The Morgan fingerprint density at radius 1 is 0.800 bits per heavy atom. The molecular formula is C11H18O2S2. The third kappa shape index (κ3) is 2.06. The number of ether oxygens (including phenoxy) is 2. The molecule has 3 rings (SSSR count). The van der Waals surface area contributed by atoms with Crippen LogP contribution in [0.3, 0.4) is 0 Å². The summed E-state index contributed by atoms with van der Waals surface area (Å²) < 4.78 is 12.2. The molecule has 2 aliphatic heterocycles. The molecule has 0 N–H and O–H groups in total. The largest absolute Gasteiger partial charge is 0.349 e. The van der Waals surface area contributed by atoms with Gasteiger partial charge in [-0.3, -0.25) is 0 Å². The van der Waals surface area contributed by atoms with E-state index in [-0.39, 0.29) is 5.79 Å². The molecule has 2 saturated heterocycles. The van der Waals surface area contributed by atoms with Gasteiger partial charge in [-0.15, -0.1) is 0 Å². The summed E-state index contributed by atoms with van der Waals surface area (Å²) in [7, 11) is 3.94. The van der Waals surface area contributed by atoms with Gasteiger partial charge >= 0.3 is 0 Å². The highest BCUT2D eigenvalue weighted by Crippen LogP contribution is 2.48. The SMILES string of the molecule is C1CCC2(CC1)OCC1(CO2)CSSC1. The summed E-state index contributed by atoms with van der Waals surface area (Å²) in [6.07, 6.45) is 6.13. The zero-order valence-electron chi connectivity index (χ0n) is 9.00. The second kappa shape index (κ2) is 4.13. The highest BCUT2D eigenvalue weighted by Gasteiger charge is 2.46. The third-order valence-electron chi connectivity index (χ3n) is 3.71. The smallest absolute Gasteiger partial charge is 0.168 e. The summed E-state index contributed by atoms with van der Waals surface area (Å²) in [6, 6.07) is 0. The molecule has 0 unspecified atom stereocenters. The van der Waals surface area contributed by atoms with E-state index in [1.807, 2.05) is 21.6 Å². The molecule has 0 aromatic rings. The lowest BCUT2D eigenvalue weighted by molar-refractivity contribution is -0.307. The maximum atomic E-state index is 6.10. The summed E-state index contributed by atoms with van der Waals surface area (Å²) >= 11 is 0. The zero-order chi connectivity index (χ0) is 10.2. The molecule has 0 amide bonds. The van der Waals surface area contributed by atoms with E-state index in [0.717, 1.165) is 26.1 Å². The van der Waals surface area contributed by atoms with Crippen LogP contribution in [0.4, 0.5) is 0 Å². The number of rotatable bonds is 0. The first kappa shape index (κ1) is 10.8. The molecule has 3 fully saturated rings. The predicted octanol–water partition coefficient (Wildman–Crippen LogP) is 3.08. The second-order valence-electron chi connectivity index (χ2n) is 5.07. The van der Waals surface area contributed by atoms with Crippen LogP contribution < -0.4 is 0 Å². The minimum absolute atomic E-state index is 0.179. The van der Waals surface area contributed by atoms with Crippen molar-refractivity contribution in [3.8, 4) is 0 Å². The third-order valence-corrected chi connectivity index (χ3v) is 6.55. The standard InChI is InChI=1S/C11H18O2S2/c1-2-4-11(5-3-1)12-6-10(7-13-11)8-14-15-9-10/h1-9H2. The Bertz CT molecular complexity index is 221. The molecule has 1 aliphatic carbocycles. The zero-order valence-corrected chi connectivity index (χ0v) is 10.6. The van der Waals surface area contributed by atoms with Gasteiger partial charge in [0.15, 0.2) is 5.79 Å². The monoisotopic (exact) mass is 246 g/mol. The Morgan fingerprint density at radius 2 is 1.40 bits per heavy atom. The van der Waals surface area contributed by atoms with E-state index < -0.39 is 0 Å². The van der Waals surface area contributed by atoms with Gasteiger partial charge in [-0.25, -0.2) is 0 Å². The fourth-order valence-electron chi connectivity index (χ4n) is 2.57. The Labute approximate surface area is 99.2 Å².